The van der Waals surface area contributed by atoms with Crippen LogP contribution in [0, 0.1) is 6.92 Å². The van der Waals surface area contributed by atoms with Crippen molar-refractivity contribution in [3.05, 3.63) is 65.9 Å². The molecule has 1 aliphatic rings. The Labute approximate surface area is 164 Å². The average Bonchev–Trinajstić information content (AvgIpc) is 2.98. The summed E-state index contributed by atoms with van der Waals surface area (Å²) in [5.41, 5.74) is 3.04. The number of nitrogens with zero attached hydrogens (tertiary/aromatic N) is 1. The second-order valence-corrected chi connectivity index (χ2v) is 9.19. The zero-order valence-corrected chi connectivity index (χ0v) is 16.5. The van der Waals surface area contributed by atoms with Gasteiger partial charge >= 0.3 is 0 Å². The first kappa shape index (κ1) is 19.1. The van der Waals surface area contributed by atoms with E-state index in [4.69, 9.17) is 4.74 Å². The summed E-state index contributed by atoms with van der Waals surface area (Å²) in [6.45, 7) is 2.30. The second kappa shape index (κ2) is 7.67. The normalized spacial score (nSPS) is 21.6. The van der Waals surface area contributed by atoms with Gasteiger partial charge in [-0.3, -0.25) is 0 Å². The fourth-order valence-electron chi connectivity index (χ4n) is 3.69. The number of rotatable bonds is 4. The molecule has 2 atom stereocenters. The molecule has 2 N–H and O–H groups in total. The molecule has 7 heteroatoms. The first-order chi connectivity index (χ1) is 13.4. The van der Waals surface area contributed by atoms with Crippen molar-refractivity contribution in [2.24, 2.45) is 0 Å². The highest BCUT2D eigenvalue weighted by atomic mass is 32.2. The van der Waals surface area contributed by atoms with Crippen molar-refractivity contribution in [1.82, 2.24) is 9.29 Å². The summed E-state index contributed by atoms with van der Waals surface area (Å²) in [4.78, 5) is 3.47. The minimum absolute atomic E-state index is 0.0171. The van der Waals surface area contributed by atoms with Crippen molar-refractivity contribution in [2.75, 3.05) is 19.8 Å². The fourth-order valence-corrected chi connectivity index (χ4v) is 5.33. The van der Waals surface area contributed by atoms with Crippen LogP contribution in [0.1, 0.15) is 11.1 Å². The van der Waals surface area contributed by atoms with E-state index in [1.54, 1.807) is 24.3 Å². The van der Waals surface area contributed by atoms with Gasteiger partial charge in [0.1, 0.15) is 0 Å². The summed E-state index contributed by atoms with van der Waals surface area (Å²) in [5, 5.41) is 11.3. The lowest BCUT2D eigenvalue weighted by Crippen LogP contribution is -2.45. The Morgan fingerprint density at radius 2 is 1.89 bits per heavy atom. The summed E-state index contributed by atoms with van der Waals surface area (Å²) in [7, 11) is -3.76. The Balaban J connectivity index is 1.70. The number of hydrogen-bond acceptors (Lipinski definition) is 4. The number of fused-ring (bicyclic) bond motifs is 1. The highest BCUT2D eigenvalue weighted by Crippen LogP contribution is 2.26. The van der Waals surface area contributed by atoms with Crippen LogP contribution in [0.5, 0.6) is 0 Å². The minimum atomic E-state index is -3.76. The molecule has 4 rings (SSSR count). The molecule has 3 aromatic rings. The molecule has 1 aromatic heterocycles. The number of aromatic nitrogens is 1. The van der Waals surface area contributed by atoms with Crippen molar-refractivity contribution in [2.45, 2.75) is 30.4 Å². The summed E-state index contributed by atoms with van der Waals surface area (Å²) in [6.07, 6.45) is 1.57. The molecule has 28 heavy (non-hydrogen) atoms. The Bertz CT molecular complexity index is 1060. The maximum Gasteiger partial charge on any atom is 0.243 e. The van der Waals surface area contributed by atoms with Gasteiger partial charge in [0.25, 0.3) is 0 Å². The van der Waals surface area contributed by atoms with Crippen LogP contribution in [0.3, 0.4) is 0 Å². The van der Waals surface area contributed by atoms with Gasteiger partial charge in [0.15, 0.2) is 0 Å². The fraction of sp³-hybridized carbons (Fsp3) is 0.333. The van der Waals surface area contributed by atoms with Gasteiger partial charge in [-0.2, -0.15) is 4.31 Å². The second-order valence-electron chi connectivity index (χ2n) is 7.30. The third kappa shape index (κ3) is 3.71. The van der Waals surface area contributed by atoms with Crippen LogP contribution >= 0.6 is 0 Å². The number of aromatic amines is 1. The monoisotopic (exact) mass is 400 g/mol. The van der Waals surface area contributed by atoms with E-state index in [9.17, 15) is 13.5 Å². The van der Waals surface area contributed by atoms with Gasteiger partial charge in [0.05, 0.1) is 30.3 Å². The molecule has 1 fully saturated rings. The predicted octanol–water partition coefficient (Wildman–Crippen LogP) is 2.47. The maximum atomic E-state index is 13.4. The van der Waals surface area contributed by atoms with Crippen LogP contribution < -0.4 is 0 Å². The number of sulfonamides is 1. The molecule has 2 heterocycles. The number of H-pyrrole nitrogens is 1. The van der Waals surface area contributed by atoms with E-state index in [-0.39, 0.29) is 24.7 Å². The Hall–Kier alpha value is -2.19. The van der Waals surface area contributed by atoms with Crippen molar-refractivity contribution in [3.63, 3.8) is 0 Å². The van der Waals surface area contributed by atoms with E-state index in [1.807, 2.05) is 37.4 Å². The maximum absolute atomic E-state index is 13.4. The lowest BCUT2D eigenvalue weighted by Gasteiger charge is -2.29. The van der Waals surface area contributed by atoms with E-state index < -0.39 is 22.2 Å². The first-order valence-corrected chi connectivity index (χ1v) is 10.8. The van der Waals surface area contributed by atoms with Gasteiger partial charge in [-0.15, -0.1) is 0 Å². The molecule has 0 radical (unpaired) electrons. The molecule has 0 saturated carbocycles. The first-order valence-electron chi connectivity index (χ1n) is 9.34. The van der Waals surface area contributed by atoms with Crippen LogP contribution in [-0.4, -0.2) is 54.7 Å². The van der Waals surface area contributed by atoms with Crippen LogP contribution in [0.2, 0.25) is 0 Å². The number of ether oxygens (including phenoxy) is 1. The summed E-state index contributed by atoms with van der Waals surface area (Å²) >= 11 is 0. The van der Waals surface area contributed by atoms with Crippen molar-refractivity contribution in [3.8, 4) is 0 Å². The zero-order chi connectivity index (χ0) is 19.7. The number of aryl methyl sites for hydroxylation is 1. The van der Waals surface area contributed by atoms with Gasteiger partial charge in [0, 0.05) is 23.6 Å². The number of aliphatic hydroxyl groups excluding tert-OH is 1. The lowest BCUT2D eigenvalue weighted by atomic mass is 10.1. The van der Waals surface area contributed by atoms with E-state index in [0.717, 1.165) is 22.0 Å². The van der Waals surface area contributed by atoms with Crippen LogP contribution in [0.15, 0.2) is 59.6 Å². The topological polar surface area (TPSA) is 82.6 Å². The quantitative estimate of drug-likeness (QED) is 0.705. The van der Waals surface area contributed by atoms with Gasteiger partial charge in [-0.25, -0.2) is 8.42 Å². The number of hydrogen-bond donors (Lipinski definition) is 2. The number of benzene rings is 2. The Kier molecular flexibility index (Phi) is 5.25. The Morgan fingerprint density at radius 1 is 1.14 bits per heavy atom. The molecular weight excluding hydrogens is 376 g/mol. The molecule has 0 amide bonds. The van der Waals surface area contributed by atoms with Crippen LogP contribution in [0.25, 0.3) is 10.9 Å². The summed E-state index contributed by atoms with van der Waals surface area (Å²) in [6, 6.07) is 14.3. The summed E-state index contributed by atoms with van der Waals surface area (Å²) < 4.78 is 33.7. The van der Waals surface area contributed by atoms with E-state index >= 15 is 0 Å². The molecule has 0 spiro atoms. The Morgan fingerprint density at radius 3 is 2.68 bits per heavy atom. The molecule has 0 bridgehead atoms. The third-order valence-corrected chi connectivity index (χ3v) is 7.11. The average molecular weight is 401 g/mol. The molecule has 1 saturated heterocycles. The van der Waals surface area contributed by atoms with Crippen LogP contribution in [-0.2, 0) is 21.2 Å². The molecular formula is C21H24N2O4S. The minimum Gasteiger partial charge on any atom is -0.389 e. The number of β-amino-alcohol motifs (C(OH)–C–C–N with tert-alkyl or cyclic N) is 1. The van der Waals surface area contributed by atoms with Crippen molar-refractivity contribution >= 4 is 20.9 Å². The van der Waals surface area contributed by atoms with Gasteiger partial charge in [-0.05, 0) is 37.1 Å². The smallest absolute Gasteiger partial charge is 0.243 e. The van der Waals surface area contributed by atoms with Crippen molar-refractivity contribution in [1.29, 1.82) is 0 Å². The van der Waals surface area contributed by atoms with Gasteiger partial charge < -0.3 is 14.8 Å². The van der Waals surface area contributed by atoms with E-state index in [2.05, 4.69) is 4.98 Å². The third-order valence-electron chi connectivity index (χ3n) is 5.18. The summed E-state index contributed by atoms with van der Waals surface area (Å²) in [5.74, 6) is 0. The molecule has 0 aliphatic carbocycles. The largest absolute Gasteiger partial charge is 0.389 e. The molecule has 1 aliphatic heterocycles. The highest BCUT2D eigenvalue weighted by Gasteiger charge is 2.35. The lowest BCUT2D eigenvalue weighted by molar-refractivity contribution is 0.0543. The molecule has 6 nitrogen and oxygen atoms in total. The standard InChI is InChI=1S/C21H24N2O4S/c1-15-6-8-19(9-7-15)28(25,26)23-12-18(24)14-27-13-17(23)10-16-11-22-21-5-3-2-4-20(16)21/h2-9,11,17-18,22,24H,10,12-14H2,1H3/t17-,18-/m0/s1. The molecule has 2 aromatic carbocycles. The number of para-hydroxylation sites is 1. The van der Waals surface area contributed by atoms with Crippen LogP contribution in [0.4, 0.5) is 0 Å². The van der Waals surface area contributed by atoms with Gasteiger partial charge in [-0.1, -0.05) is 35.9 Å². The van der Waals surface area contributed by atoms with Gasteiger partial charge in [0.2, 0.25) is 10.0 Å². The number of nitrogens with one attached hydrogen (secondary N) is 1. The van der Waals surface area contributed by atoms with E-state index in [1.165, 1.54) is 4.31 Å². The zero-order valence-electron chi connectivity index (χ0n) is 15.7. The number of aliphatic hydroxyl groups is 1. The highest BCUT2D eigenvalue weighted by molar-refractivity contribution is 7.89. The van der Waals surface area contributed by atoms with E-state index in [0.29, 0.717) is 6.42 Å². The predicted molar refractivity (Wildman–Crippen MR) is 108 cm³/mol. The van der Waals surface area contributed by atoms with Crippen molar-refractivity contribution < 1.29 is 18.3 Å². The molecule has 0 unspecified atom stereocenters. The molecule has 148 valence electrons. The SMILES string of the molecule is Cc1ccc(S(=O)(=O)N2C[C@H](O)COC[C@@H]2Cc2c[nH]c3ccccc23)cc1.